The SMILES string of the molecule is Cn1cncc1[C@@H]1C[C@H](NCc2cc3ccccc3o2)CCO1. The van der Waals surface area contributed by atoms with E-state index in [1.807, 2.05) is 42.3 Å². The molecule has 5 nitrogen and oxygen atoms in total. The molecule has 5 heteroatoms. The molecule has 0 radical (unpaired) electrons. The molecule has 2 atom stereocenters. The number of hydrogen-bond donors (Lipinski definition) is 1. The number of benzene rings is 1. The monoisotopic (exact) mass is 311 g/mol. The first-order chi connectivity index (χ1) is 11.3. The molecule has 1 aliphatic rings. The van der Waals surface area contributed by atoms with Gasteiger partial charge in [0, 0.05) is 25.1 Å². The fraction of sp³-hybridized carbons (Fsp3) is 0.389. The molecule has 0 unspecified atom stereocenters. The van der Waals surface area contributed by atoms with Gasteiger partial charge in [0.2, 0.25) is 0 Å². The third-order valence-electron chi connectivity index (χ3n) is 4.51. The number of nitrogens with one attached hydrogen (secondary N) is 1. The van der Waals surface area contributed by atoms with E-state index in [0.717, 1.165) is 48.4 Å². The van der Waals surface area contributed by atoms with Gasteiger partial charge in [-0.2, -0.15) is 0 Å². The molecule has 4 rings (SSSR count). The lowest BCUT2D eigenvalue weighted by Crippen LogP contribution is -2.36. The van der Waals surface area contributed by atoms with Crippen LogP contribution in [-0.2, 0) is 18.3 Å². The smallest absolute Gasteiger partial charge is 0.134 e. The van der Waals surface area contributed by atoms with Gasteiger partial charge in [-0.1, -0.05) is 18.2 Å². The fourth-order valence-electron chi connectivity index (χ4n) is 3.23. The summed E-state index contributed by atoms with van der Waals surface area (Å²) in [6, 6.07) is 10.7. The number of fused-ring (bicyclic) bond motifs is 1. The normalized spacial score (nSPS) is 21.8. The number of ether oxygens (including phenoxy) is 1. The van der Waals surface area contributed by atoms with Crippen molar-refractivity contribution in [2.24, 2.45) is 7.05 Å². The molecule has 0 saturated carbocycles. The highest BCUT2D eigenvalue weighted by atomic mass is 16.5. The third-order valence-corrected chi connectivity index (χ3v) is 4.51. The van der Waals surface area contributed by atoms with E-state index >= 15 is 0 Å². The number of para-hydroxylation sites is 1. The van der Waals surface area contributed by atoms with E-state index in [0.29, 0.717) is 6.04 Å². The van der Waals surface area contributed by atoms with Crippen molar-refractivity contribution >= 4 is 11.0 Å². The Morgan fingerprint density at radius 3 is 3.09 bits per heavy atom. The summed E-state index contributed by atoms with van der Waals surface area (Å²) >= 11 is 0. The second kappa shape index (κ2) is 6.18. The van der Waals surface area contributed by atoms with Gasteiger partial charge in [0.15, 0.2) is 0 Å². The minimum Gasteiger partial charge on any atom is -0.460 e. The highest BCUT2D eigenvalue weighted by molar-refractivity contribution is 5.77. The maximum atomic E-state index is 5.91. The highest BCUT2D eigenvalue weighted by Gasteiger charge is 2.25. The Labute approximate surface area is 135 Å². The maximum Gasteiger partial charge on any atom is 0.134 e. The number of hydrogen-bond acceptors (Lipinski definition) is 4. The summed E-state index contributed by atoms with van der Waals surface area (Å²) in [6.45, 7) is 1.52. The van der Waals surface area contributed by atoms with Gasteiger partial charge in [0.05, 0.1) is 24.8 Å². The summed E-state index contributed by atoms with van der Waals surface area (Å²) < 4.78 is 13.8. The minimum absolute atomic E-state index is 0.115. The van der Waals surface area contributed by atoms with Crippen LogP contribution in [0.5, 0.6) is 0 Å². The Kier molecular flexibility index (Phi) is 3.89. The molecule has 1 aromatic carbocycles. The lowest BCUT2D eigenvalue weighted by atomic mass is 10.0. The zero-order valence-electron chi connectivity index (χ0n) is 13.2. The molecule has 1 aliphatic heterocycles. The van der Waals surface area contributed by atoms with Gasteiger partial charge in [0.25, 0.3) is 0 Å². The van der Waals surface area contributed by atoms with E-state index < -0.39 is 0 Å². The van der Waals surface area contributed by atoms with Gasteiger partial charge in [-0.05, 0) is 25.0 Å². The molecule has 0 spiro atoms. The van der Waals surface area contributed by atoms with Crippen LogP contribution in [0.25, 0.3) is 11.0 Å². The summed E-state index contributed by atoms with van der Waals surface area (Å²) in [7, 11) is 2.01. The first-order valence-electron chi connectivity index (χ1n) is 8.08. The standard InChI is InChI=1S/C18H21N3O2/c1-21-12-19-11-16(21)18-9-14(6-7-22-18)20-10-15-8-13-4-2-3-5-17(13)23-15/h2-5,8,11-12,14,18,20H,6-7,9-10H2,1H3/t14-,18+/m1/s1. The summed E-state index contributed by atoms with van der Waals surface area (Å²) in [5.41, 5.74) is 2.09. The van der Waals surface area contributed by atoms with Gasteiger partial charge in [-0.15, -0.1) is 0 Å². The van der Waals surface area contributed by atoms with E-state index in [1.165, 1.54) is 0 Å². The molecule has 1 N–H and O–H groups in total. The number of aromatic nitrogens is 2. The van der Waals surface area contributed by atoms with Crippen LogP contribution in [0, 0.1) is 0 Å². The number of rotatable bonds is 4. The van der Waals surface area contributed by atoms with Gasteiger partial charge in [0.1, 0.15) is 17.4 Å². The van der Waals surface area contributed by atoms with Crippen molar-refractivity contribution in [3.05, 3.63) is 54.3 Å². The van der Waals surface area contributed by atoms with Gasteiger partial charge < -0.3 is 19.0 Å². The van der Waals surface area contributed by atoms with Crippen molar-refractivity contribution in [3.8, 4) is 0 Å². The maximum absolute atomic E-state index is 5.91. The molecule has 0 aliphatic carbocycles. The summed E-state index contributed by atoms with van der Waals surface area (Å²) in [4.78, 5) is 4.19. The van der Waals surface area contributed by atoms with Crippen molar-refractivity contribution < 1.29 is 9.15 Å². The lowest BCUT2D eigenvalue weighted by Gasteiger charge is -2.30. The molecule has 120 valence electrons. The summed E-state index contributed by atoms with van der Waals surface area (Å²) in [5.74, 6) is 0.981. The van der Waals surface area contributed by atoms with Gasteiger partial charge in [-0.25, -0.2) is 4.98 Å². The average Bonchev–Trinajstić information content (AvgIpc) is 3.18. The zero-order valence-corrected chi connectivity index (χ0v) is 13.2. The van der Waals surface area contributed by atoms with Crippen LogP contribution in [0.15, 0.2) is 47.3 Å². The lowest BCUT2D eigenvalue weighted by molar-refractivity contribution is -0.00428. The van der Waals surface area contributed by atoms with Crippen molar-refractivity contribution in [3.63, 3.8) is 0 Å². The molecule has 1 saturated heterocycles. The van der Waals surface area contributed by atoms with Crippen molar-refractivity contribution in [2.75, 3.05) is 6.61 Å². The molecule has 23 heavy (non-hydrogen) atoms. The number of furan rings is 1. The van der Waals surface area contributed by atoms with E-state index in [1.54, 1.807) is 0 Å². The van der Waals surface area contributed by atoms with Crippen LogP contribution in [0.2, 0.25) is 0 Å². The quantitative estimate of drug-likeness (QED) is 0.804. The molecule has 3 aromatic rings. The largest absolute Gasteiger partial charge is 0.460 e. The van der Waals surface area contributed by atoms with Crippen molar-refractivity contribution in [1.82, 2.24) is 14.9 Å². The molecule has 0 amide bonds. The fourth-order valence-corrected chi connectivity index (χ4v) is 3.23. The third kappa shape index (κ3) is 3.02. The second-order valence-electron chi connectivity index (χ2n) is 6.14. The van der Waals surface area contributed by atoms with E-state index in [-0.39, 0.29) is 6.10 Å². The molecule has 0 bridgehead atoms. The van der Waals surface area contributed by atoms with Crippen molar-refractivity contribution in [1.29, 1.82) is 0 Å². The Bertz CT molecular complexity index is 759. The first kappa shape index (κ1) is 14.5. The molecular formula is C18H21N3O2. The predicted molar refractivity (Wildman–Crippen MR) is 88.0 cm³/mol. The number of nitrogens with zero attached hydrogens (tertiary/aromatic N) is 2. The van der Waals surface area contributed by atoms with E-state index in [9.17, 15) is 0 Å². The van der Waals surface area contributed by atoms with Crippen LogP contribution in [0.4, 0.5) is 0 Å². The summed E-state index contributed by atoms with van der Waals surface area (Å²) in [6.07, 6.45) is 5.81. The van der Waals surface area contributed by atoms with E-state index in [4.69, 9.17) is 9.15 Å². The minimum atomic E-state index is 0.115. The Hall–Kier alpha value is -2.11. The number of imidazole rings is 1. The zero-order chi connectivity index (χ0) is 15.6. The highest BCUT2D eigenvalue weighted by Crippen LogP contribution is 2.28. The average molecular weight is 311 g/mol. The Balaban J connectivity index is 1.39. The van der Waals surface area contributed by atoms with Crippen LogP contribution in [0.1, 0.15) is 30.4 Å². The van der Waals surface area contributed by atoms with E-state index in [2.05, 4.69) is 22.4 Å². The molecule has 3 heterocycles. The number of aryl methyl sites for hydroxylation is 1. The summed E-state index contributed by atoms with van der Waals surface area (Å²) in [5, 5.41) is 4.76. The molecule has 2 aromatic heterocycles. The van der Waals surface area contributed by atoms with Crippen LogP contribution >= 0.6 is 0 Å². The van der Waals surface area contributed by atoms with Crippen LogP contribution < -0.4 is 5.32 Å². The topological polar surface area (TPSA) is 52.2 Å². The second-order valence-corrected chi connectivity index (χ2v) is 6.14. The Morgan fingerprint density at radius 1 is 1.35 bits per heavy atom. The Morgan fingerprint density at radius 2 is 2.26 bits per heavy atom. The molecular weight excluding hydrogens is 290 g/mol. The molecule has 1 fully saturated rings. The van der Waals surface area contributed by atoms with Crippen molar-refractivity contribution in [2.45, 2.75) is 31.5 Å². The first-order valence-corrected chi connectivity index (χ1v) is 8.08. The van der Waals surface area contributed by atoms with Crippen LogP contribution in [0.3, 0.4) is 0 Å². The predicted octanol–water partition coefficient (Wildman–Crippen LogP) is 3.18. The van der Waals surface area contributed by atoms with Gasteiger partial charge >= 0.3 is 0 Å². The van der Waals surface area contributed by atoms with Crippen LogP contribution in [-0.4, -0.2) is 22.2 Å². The van der Waals surface area contributed by atoms with Gasteiger partial charge in [-0.3, -0.25) is 0 Å².